The van der Waals surface area contributed by atoms with Crippen LogP contribution in [0.1, 0.15) is 51.9 Å². The molecule has 0 radical (unpaired) electrons. The molecule has 2 fully saturated rings. The van der Waals surface area contributed by atoms with E-state index in [4.69, 9.17) is 11.6 Å². The van der Waals surface area contributed by atoms with Crippen LogP contribution in [0, 0.1) is 5.92 Å². The van der Waals surface area contributed by atoms with Crippen molar-refractivity contribution in [1.82, 2.24) is 20.1 Å². The van der Waals surface area contributed by atoms with Crippen molar-refractivity contribution in [1.29, 1.82) is 0 Å². The normalized spacial score (nSPS) is 21.0. The lowest BCUT2D eigenvalue weighted by atomic mass is 9.83. The van der Waals surface area contributed by atoms with Gasteiger partial charge in [-0.1, -0.05) is 30.9 Å². The quantitative estimate of drug-likeness (QED) is 0.539. The fourth-order valence-electron chi connectivity index (χ4n) is 5.66. The molecule has 1 saturated carbocycles. The van der Waals surface area contributed by atoms with E-state index in [2.05, 4.69) is 10.6 Å². The van der Waals surface area contributed by atoms with Crippen molar-refractivity contribution in [2.24, 2.45) is 5.92 Å². The zero-order chi connectivity index (χ0) is 26.0. The molecule has 36 heavy (non-hydrogen) atoms. The first-order valence-corrected chi connectivity index (χ1v) is 15.1. The predicted octanol–water partition coefficient (Wildman–Crippen LogP) is 3.36. The fraction of sp³-hybridized carbons (Fsp3) is 0.615. The van der Waals surface area contributed by atoms with Crippen molar-refractivity contribution < 1.29 is 18.0 Å². The summed E-state index contributed by atoms with van der Waals surface area (Å²) in [5.41, 5.74) is 0.777. The van der Waals surface area contributed by atoms with Crippen LogP contribution in [-0.2, 0) is 26.0 Å². The van der Waals surface area contributed by atoms with Crippen LogP contribution in [0.5, 0.6) is 0 Å². The van der Waals surface area contributed by atoms with E-state index in [0.717, 1.165) is 50.5 Å². The standard InChI is InChI=1S/C26H37ClN4O4S/c1-17(28-2)25(32)29-24(18-8-5-4-6-9-18)26(33)31-13-7-10-20(31)15-30-16-23(36(3,34)35)21-14-19(27)11-12-22(21)30/h11-12,14,16-18,20,24,28H,4-10,13,15H2,1-3H3,(H,29,32). The van der Waals surface area contributed by atoms with Gasteiger partial charge in [-0.3, -0.25) is 9.59 Å². The Morgan fingerprint density at radius 2 is 1.86 bits per heavy atom. The van der Waals surface area contributed by atoms with Gasteiger partial charge in [-0.05, 0) is 63.8 Å². The van der Waals surface area contributed by atoms with Crippen molar-refractivity contribution >= 4 is 44.2 Å². The summed E-state index contributed by atoms with van der Waals surface area (Å²) in [4.78, 5) is 28.9. The van der Waals surface area contributed by atoms with E-state index in [1.807, 2.05) is 15.5 Å². The maximum Gasteiger partial charge on any atom is 0.245 e. The maximum absolute atomic E-state index is 13.9. The summed E-state index contributed by atoms with van der Waals surface area (Å²) in [5.74, 6) is -0.0564. The molecular weight excluding hydrogens is 500 g/mol. The highest BCUT2D eigenvalue weighted by molar-refractivity contribution is 7.91. The first-order valence-electron chi connectivity index (χ1n) is 12.9. The monoisotopic (exact) mass is 536 g/mol. The number of sulfone groups is 1. The van der Waals surface area contributed by atoms with E-state index in [9.17, 15) is 18.0 Å². The van der Waals surface area contributed by atoms with Gasteiger partial charge in [-0.25, -0.2) is 8.42 Å². The highest BCUT2D eigenvalue weighted by atomic mass is 35.5. The molecule has 2 amide bonds. The van der Waals surface area contributed by atoms with E-state index >= 15 is 0 Å². The number of likely N-dealkylation sites (N-methyl/N-ethyl adjacent to an activating group) is 1. The molecule has 1 aliphatic carbocycles. The summed E-state index contributed by atoms with van der Waals surface area (Å²) in [6.07, 6.45) is 9.73. The van der Waals surface area contributed by atoms with Gasteiger partial charge in [0, 0.05) is 47.5 Å². The molecule has 3 unspecified atom stereocenters. The predicted molar refractivity (Wildman–Crippen MR) is 142 cm³/mol. The molecule has 198 valence electrons. The second kappa shape index (κ2) is 11.1. The van der Waals surface area contributed by atoms with Crippen LogP contribution in [0.25, 0.3) is 10.9 Å². The molecule has 10 heteroatoms. The van der Waals surface area contributed by atoms with Gasteiger partial charge in [0.2, 0.25) is 11.8 Å². The maximum atomic E-state index is 13.9. The van der Waals surface area contributed by atoms with Crippen LogP contribution in [0.4, 0.5) is 0 Å². The summed E-state index contributed by atoms with van der Waals surface area (Å²) >= 11 is 6.17. The summed E-state index contributed by atoms with van der Waals surface area (Å²) in [6, 6.07) is 4.26. The van der Waals surface area contributed by atoms with Gasteiger partial charge in [0.05, 0.1) is 10.9 Å². The summed E-state index contributed by atoms with van der Waals surface area (Å²) < 4.78 is 26.8. The topological polar surface area (TPSA) is 101 Å². The number of halogens is 1. The summed E-state index contributed by atoms with van der Waals surface area (Å²) in [6.45, 7) is 2.91. The lowest BCUT2D eigenvalue weighted by Gasteiger charge is -2.35. The van der Waals surface area contributed by atoms with Gasteiger partial charge in [0.15, 0.2) is 9.84 Å². The second-order valence-corrected chi connectivity index (χ2v) is 12.7. The number of carbonyl (C=O) groups is 2. The molecule has 2 aromatic rings. The largest absolute Gasteiger partial charge is 0.344 e. The highest BCUT2D eigenvalue weighted by Gasteiger charge is 2.39. The first-order chi connectivity index (χ1) is 17.1. The Morgan fingerprint density at radius 1 is 1.14 bits per heavy atom. The SMILES string of the molecule is CNC(C)C(=O)NC(C(=O)N1CCCC1Cn1cc(S(C)(=O)=O)c2cc(Cl)ccc21)C1CCCCC1. The molecule has 2 aliphatic rings. The Bertz CT molecular complexity index is 1220. The first kappa shape index (κ1) is 26.9. The van der Waals surface area contributed by atoms with Gasteiger partial charge < -0.3 is 20.1 Å². The van der Waals surface area contributed by atoms with E-state index in [0.29, 0.717) is 23.5 Å². The van der Waals surface area contributed by atoms with Gasteiger partial charge in [0.1, 0.15) is 6.04 Å². The Hall–Kier alpha value is -2.10. The van der Waals surface area contributed by atoms with Crippen LogP contribution in [-0.4, -0.2) is 67.7 Å². The minimum Gasteiger partial charge on any atom is -0.344 e. The highest BCUT2D eigenvalue weighted by Crippen LogP contribution is 2.32. The van der Waals surface area contributed by atoms with Crippen LogP contribution in [0.15, 0.2) is 29.3 Å². The molecule has 2 N–H and O–H groups in total. The van der Waals surface area contributed by atoms with Crippen LogP contribution in [0.3, 0.4) is 0 Å². The number of benzene rings is 1. The summed E-state index contributed by atoms with van der Waals surface area (Å²) in [7, 11) is -1.72. The fourth-order valence-corrected chi connectivity index (χ4v) is 6.72. The van der Waals surface area contributed by atoms with Gasteiger partial charge in [0.25, 0.3) is 0 Å². The van der Waals surface area contributed by atoms with Crippen molar-refractivity contribution in [3.8, 4) is 0 Å². The molecule has 1 aliphatic heterocycles. The smallest absolute Gasteiger partial charge is 0.245 e. The molecule has 2 heterocycles. The van der Waals surface area contributed by atoms with Crippen LogP contribution < -0.4 is 10.6 Å². The number of nitrogens with one attached hydrogen (secondary N) is 2. The lowest BCUT2D eigenvalue weighted by Crippen LogP contribution is -2.56. The molecule has 3 atom stereocenters. The minimum absolute atomic E-state index is 0.0242. The van der Waals surface area contributed by atoms with Crippen molar-refractivity contribution in [3.63, 3.8) is 0 Å². The molecule has 1 saturated heterocycles. The van der Waals surface area contributed by atoms with E-state index in [1.54, 1.807) is 32.3 Å². The number of hydrogen-bond acceptors (Lipinski definition) is 5. The Balaban J connectivity index is 1.61. The molecular formula is C26H37ClN4O4S. The number of carbonyl (C=O) groups excluding carboxylic acids is 2. The number of nitrogens with zero attached hydrogens (tertiary/aromatic N) is 2. The Labute approximate surface area is 218 Å². The third-order valence-corrected chi connectivity index (χ3v) is 9.14. The van der Waals surface area contributed by atoms with Gasteiger partial charge >= 0.3 is 0 Å². The third kappa shape index (κ3) is 5.73. The molecule has 1 aromatic carbocycles. The lowest BCUT2D eigenvalue weighted by molar-refractivity contribution is -0.139. The molecule has 0 spiro atoms. The molecule has 1 aromatic heterocycles. The van der Waals surface area contributed by atoms with E-state index in [-0.39, 0.29) is 34.7 Å². The average Bonchev–Trinajstić information content (AvgIpc) is 3.46. The van der Waals surface area contributed by atoms with Crippen LogP contribution in [0.2, 0.25) is 5.02 Å². The molecule has 8 nitrogen and oxygen atoms in total. The number of hydrogen-bond donors (Lipinski definition) is 2. The Morgan fingerprint density at radius 3 is 2.53 bits per heavy atom. The number of aromatic nitrogens is 1. The zero-order valence-electron chi connectivity index (χ0n) is 21.3. The second-order valence-electron chi connectivity index (χ2n) is 10.3. The number of rotatable bonds is 8. The summed E-state index contributed by atoms with van der Waals surface area (Å²) in [5, 5.41) is 7.09. The van der Waals surface area contributed by atoms with Crippen LogP contribution >= 0.6 is 11.6 Å². The van der Waals surface area contributed by atoms with Crippen molar-refractivity contribution in [2.75, 3.05) is 19.8 Å². The average molecular weight is 537 g/mol. The zero-order valence-corrected chi connectivity index (χ0v) is 22.9. The van der Waals surface area contributed by atoms with Crippen molar-refractivity contribution in [2.45, 2.75) is 81.4 Å². The number of amides is 2. The Kier molecular flexibility index (Phi) is 8.32. The molecule has 0 bridgehead atoms. The van der Waals surface area contributed by atoms with E-state index < -0.39 is 15.9 Å². The van der Waals surface area contributed by atoms with Gasteiger partial charge in [-0.15, -0.1) is 0 Å². The number of fused-ring (bicyclic) bond motifs is 1. The number of likely N-dealkylation sites (tertiary alicyclic amines) is 1. The molecule has 4 rings (SSSR count). The third-order valence-electron chi connectivity index (χ3n) is 7.79. The van der Waals surface area contributed by atoms with Gasteiger partial charge in [-0.2, -0.15) is 0 Å². The van der Waals surface area contributed by atoms with Crippen molar-refractivity contribution in [3.05, 3.63) is 29.4 Å². The van der Waals surface area contributed by atoms with E-state index in [1.165, 1.54) is 6.26 Å². The minimum atomic E-state index is -3.45.